The monoisotopic (exact) mass is 308 g/mol. The summed E-state index contributed by atoms with van der Waals surface area (Å²) in [6.45, 7) is 2.89. The first-order valence-electron chi connectivity index (χ1n) is 8.20. The number of benzene rings is 1. The molecule has 0 radical (unpaired) electrons. The second-order valence-electron chi connectivity index (χ2n) is 5.83. The van der Waals surface area contributed by atoms with Gasteiger partial charge in [0.1, 0.15) is 5.75 Å². The van der Waals surface area contributed by atoms with Crippen LogP contribution in [0.25, 0.3) is 0 Å². The van der Waals surface area contributed by atoms with E-state index < -0.39 is 0 Å². The molecule has 0 saturated carbocycles. The highest BCUT2D eigenvalue weighted by atomic mass is 35.5. The molecule has 0 fully saturated rings. The van der Waals surface area contributed by atoms with Gasteiger partial charge in [-0.25, -0.2) is 0 Å². The van der Waals surface area contributed by atoms with E-state index in [2.05, 4.69) is 6.92 Å². The Morgan fingerprint density at radius 3 is 2.62 bits per heavy atom. The van der Waals surface area contributed by atoms with Crippen LogP contribution in [0, 0.1) is 0 Å². The summed E-state index contributed by atoms with van der Waals surface area (Å²) in [6.07, 6.45) is 10.0. The van der Waals surface area contributed by atoms with Crippen molar-refractivity contribution < 1.29 is 9.53 Å². The number of unbranched alkanes of at least 4 members (excludes halogenated alkanes) is 6. The van der Waals surface area contributed by atoms with E-state index in [1.807, 2.05) is 6.07 Å². The molecule has 1 aromatic rings. The van der Waals surface area contributed by atoms with Gasteiger partial charge in [0.05, 0.1) is 12.2 Å². The summed E-state index contributed by atoms with van der Waals surface area (Å²) in [5.41, 5.74) is 1.76. The van der Waals surface area contributed by atoms with Gasteiger partial charge in [0, 0.05) is 17.9 Å². The molecule has 2 rings (SSSR count). The summed E-state index contributed by atoms with van der Waals surface area (Å²) in [6, 6.07) is 3.67. The fourth-order valence-electron chi connectivity index (χ4n) is 2.85. The van der Waals surface area contributed by atoms with Gasteiger partial charge in [0.15, 0.2) is 5.78 Å². The third-order valence-electron chi connectivity index (χ3n) is 4.06. The first-order valence-corrected chi connectivity index (χ1v) is 8.58. The summed E-state index contributed by atoms with van der Waals surface area (Å²) in [4.78, 5) is 12.4. The molecule has 0 saturated heterocycles. The quantitative estimate of drug-likeness (QED) is 0.438. The minimum atomic E-state index is 0.171. The number of ether oxygens (including phenoxy) is 1. The molecule has 21 heavy (non-hydrogen) atoms. The predicted molar refractivity (Wildman–Crippen MR) is 87.6 cm³/mol. The van der Waals surface area contributed by atoms with Crippen molar-refractivity contribution in [2.24, 2.45) is 0 Å². The van der Waals surface area contributed by atoms with Crippen molar-refractivity contribution in [2.75, 3.05) is 6.61 Å². The lowest BCUT2D eigenvalue weighted by Crippen LogP contribution is -2.02. The Morgan fingerprint density at radius 1 is 1.14 bits per heavy atom. The zero-order valence-corrected chi connectivity index (χ0v) is 13.7. The molecule has 0 spiro atoms. The Morgan fingerprint density at radius 2 is 1.86 bits per heavy atom. The second kappa shape index (κ2) is 8.43. The summed E-state index contributed by atoms with van der Waals surface area (Å²) in [7, 11) is 0. The predicted octanol–water partition coefficient (Wildman–Crippen LogP) is 5.60. The van der Waals surface area contributed by atoms with Crippen molar-refractivity contribution in [3.63, 3.8) is 0 Å². The topological polar surface area (TPSA) is 26.3 Å². The molecule has 0 aromatic heterocycles. The molecule has 0 aliphatic carbocycles. The lowest BCUT2D eigenvalue weighted by atomic mass is 10.00. The molecule has 0 unspecified atom stereocenters. The van der Waals surface area contributed by atoms with E-state index in [1.54, 1.807) is 6.07 Å². The first-order chi connectivity index (χ1) is 10.2. The van der Waals surface area contributed by atoms with E-state index in [4.69, 9.17) is 16.3 Å². The van der Waals surface area contributed by atoms with E-state index >= 15 is 0 Å². The first kappa shape index (κ1) is 16.4. The smallest absolute Gasteiger partial charge is 0.166 e. The zero-order valence-electron chi connectivity index (χ0n) is 12.9. The lowest BCUT2D eigenvalue weighted by molar-refractivity contribution is 0.0976. The fraction of sp³-hybridized carbons (Fsp3) is 0.611. The van der Waals surface area contributed by atoms with Crippen LogP contribution in [0.5, 0.6) is 5.75 Å². The van der Waals surface area contributed by atoms with E-state index in [1.165, 1.54) is 32.1 Å². The molecule has 1 aliphatic rings. The van der Waals surface area contributed by atoms with Crippen LogP contribution in [0.2, 0.25) is 5.02 Å². The summed E-state index contributed by atoms with van der Waals surface area (Å²) in [5, 5.41) is 0.641. The molecule has 116 valence electrons. The van der Waals surface area contributed by atoms with Gasteiger partial charge in [-0.05, 0) is 24.1 Å². The van der Waals surface area contributed by atoms with Crippen molar-refractivity contribution in [3.05, 3.63) is 28.3 Å². The second-order valence-corrected chi connectivity index (χ2v) is 6.27. The molecule has 1 aliphatic heterocycles. The normalized spacial score (nSPS) is 13.0. The van der Waals surface area contributed by atoms with Crippen LogP contribution in [-0.4, -0.2) is 12.4 Å². The molecule has 0 amide bonds. The van der Waals surface area contributed by atoms with Gasteiger partial charge in [-0.2, -0.15) is 0 Å². The standard InChI is InChI=1S/C18H25ClO2/c1-2-3-4-5-6-7-8-9-17(20)16-13-15(19)12-14-10-11-21-18(14)16/h12-13H,2-11H2,1H3. The molecule has 3 heteroatoms. The maximum Gasteiger partial charge on any atom is 0.166 e. The number of rotatable bonds is 9. The Bertz CT molecular complexity index is 482. The van der Waals surface area contributed by atoms with Gasteiger partial charge in [0.2, 0.25) is 0 Å². The van der Waals surface area contributed by atoms with Crippen LogP contribution in [0.3, 0.4) is 0 Å². The highest BCUT2D eigenvalue weighted by Crippen LogP contribution is 2.33. The number of Topliss-reactive ketones (excluding diaryl/α,β-unsaturated/α-hetero) is 1. The van der Waals surface area contributed by atoms with Gasteiger partial charge >= 0.3 is 0 Å². The minimum Gasteiger partial charge on any atom is -0.492 e. The van der Waals surface area contributed by atoms with Gasteiger partial charge < -0.3 is 4.74 Å². The molecule has 0 bridgehead atoms. The van der Waals surface area contributed by atoms with Crippen molar-refractivity contribution in [1.82, 2.24) is 0 Å². The highest BCUT2D eigenvalue weighted by Gasteiger charge is 2.21. The number of carbonyl (C=O) groups excluding carboxylic acids is 1. The van der Waals surface area contributed by atoms with Crippen LogP contribution in [-0.2, 0) is 6.42 Å². The number of hydrogen-bond acceptors (Lipinski definition) is 2. The fourth-order valence-corrected chi connectivity index (χ4v) is 3.09. The van der Waals surface area contributed by atoms with Gasteiger partial charge in [-0.15, -0.1) is 0 Å². The Labute approximate surface area is 132 Å². The van der Waals surface area contributed by atoms with E-state index in [-0.39, 0.29) is 5.78 Å². The number of carbonyl (C=O) groups is 1. The van der Waals surface area contributed by atoms with E-state index in [0.717, 1.165) is 30.6 Å². The molecule has 2 nitrogen and oxygen atoms in total. The largest absolute Gasteiger partial charge is 0.492 e. The van der Waals surface area contributed by atoms with Crippen LogP contribution in [0.1, 0.15) is 74.2 Å². The number of halogens is 1. The van der Waals surface area contributed by atoms with Crippen LogP contribution >= 0.6 is 11.6 Å². The SMILES string of the molecule is CCCCCCCCCC(=O)c1cc(Cl)cc2c1OCC2. The van der Waals surface area contributed by atoms with E-state index in [9.17, 15) is 4.79 Å². The molecular weight excluding hydrogens is 284 g/mol. The maximum atomic E-state index is 12.4. The van der Waals surface area contributed by atoms with Crippen molar-refractivity contribution in [1.29, 1.82) is 0 Å². The van der Waals surface area contributed by atoms with Gasteiger partial charge in [0.25, 0.3) is 0 Å². The van der Waals surface area contributed by atoms with E-state index in [0.29, 0.717) is 23.6 Å². The number of ketones is 1. The van der Waals surface area contributed by atoms with Gasteiger partial charge in [-0.3, -0.25) is 4.79 Å². The Balaban J connectivity index is 1.79. The van der Waals surface area contributed by atoms with Crippen molar-refractivity contribution >= 4 is 17.4 Å². The minimum absolute atomic E-state index is 0.171. The number of hydrogen-bond donors (Lipinski definition) is 0. The van der Waals surface area contributed by atoms with Crippen LogP contribution in [0.4, 0.5) is 0 Å². The average Bonchev–Trinajstić information content (AvgIpc) is 2.93. The Hall–Kier alpha value is -1.02. The molecule has 1 heterocycles. The lowest BCUT2D eigenvalue weighted by Gasteiger charge is -2.08. The highest BCUT2D eigenvalue weighted by molar-refractivity contribution is 6.31. The summed E-state index contributed by atoms with van der Waals surface area (Å²) in [5.74, 6) is 0.941. The maximum absolute atomic E-state index is 12.4. The molecule has 0 atom stereocenters. The zero-order chi connectivity index (χ0) is 15.1. The summed E-state index contributed by atoms with van der Waals surface area (Å²) >= 11 is 6.10. The van der Waals surface area contributed by atoms with Crippen LogP contribution < -0.4 is 4.74 Å². The molecule has 0 N–H and O–H groups in total. The number of fused-ring (bicyclic) bond motifs is 1. The van der Waals surface area contributed by atoms with Gasteiger partial charge in [-0.1, -0.05) is 57.0 Å². The van der Waals surface area contributed by atoms with Crippen molar-refractivity contribution in [2.45, 2.75) is 64.7 Å². The average molecular weight is 309 g/mol. The molecular formula is C18H25ClO2. The van der Waals surface area contributed by atoms with Crippen LogP contribution in [0.15, 0.2) is 12.1 Å². The third kappa shape index (κ3) is 4.74. The summed E-state index contributed by atoms with van der Waals surface area (Å²) < 4.78 is 5.60. The third-order valence-corrected chi connectivity index (χ3v) is 4.27. The van der Waals surface area contributed by atoms with Crippen molar-refractivity contribution in [3.8, 4) is 5.75 Å². The Kier molecular flexibility index (Phi) is 6.56. The molecule has 1 aromatic carbocycles.